The zero-order valence-electron chi connectivity index (χ0n) is 8.57. The van der Waals surface area contributed by atoms with E-state index in [-0.39, 0.29) is 11.3 Å². The molecule has 2 fully saturated rings. The molecular weight excluding hydrogens is 200 g/mol. The van der Waals surface area contributed by atoms with Crippen LogP contribution in [0.15, 0.2) is 0 Å². The first-order chi connectivity index (χ1) is 6.62. The molecule has 0 spiro atoms. The van der Waals surface area contributed by atoms with E-state index < -0.39 is 10.0 Å². The molecule has 2 rings (SSSR count). The van der Waals surface area contributed by atoms with Crippen molar-refractivity contribution >= 4 is 10.0 Å². The average molecular weight is 218 g/mol. The van der Waals surface area contributed by atoms with Crippen LogP contribution in [0.1, 0.15) is 26.2 Å². The van der Waals surface area contributed by atoms with E-state index >= 15 is 0 Å². The molecule has 2 aliphatic heterocycles. The van der Waals surface area contributed by atoms with E-state index in [1.54, 1.807) is 4.31 Å². The van der Waals surface area contributed by atoms with Crippen LogP contribution in [0.2, 0.25) is 0 Å². The Labute approximate surface area is 85.7 Å². The predicted octanol–water partition coefficient (Wildman–Crippen LogP) is 0.162. The molecule has 4 nitrogen and oxygen atoms in total. The van der Waals surface area contributed by atoms with Gasteiger partial charge in [0.1, 0.15) is 0 Å². The highest BCUT2D eigenvalue weighted by molar-refractivity contribution is 7.89. The van der Waals surface area contributed by atoms with Crippen LogP contribution in [0.4, 0.5) is 0 Å². The second kappa shape index (κ2) is 3.79. The standard InChI is InChI=1S/C9H18N2O2S/c1-8-3-2-6-11(8)14(12,13)9-4-5-10-7-9/h8-10H,2-7H2,1H3. The van der Waals surface area contributed by atoms with Gasteiger partial charge in [-0.2, -0.15) is 4.31 Å². The van der Waals surface area contributed by atoms with E-state index in [2.05, 4.69) is 5.32 Å². The summed E-state index contributed by atoms with van der Waals surface area (Å²) in [5, 5.41) is 2.93. The first-order valence-electron chi connectivity index (χ1n) is 5.34. The van der Waals surface area contributed by atoms with Crippen LogP contribution in [-0.4, -0.2) is 43.6 Å². The topological polar surface area (TPSA) is 49.4 Å². The summed E-state index contributed by atoms with van der Waals surface area (Å²) >= 11 is 0. The highest BCUT2D eigenvalue weighted by atomic mass is 32.2. The average Bonchev–Trinajstić information content (AvgIpc) is 2.72. The first-order valence-corrected chi connectivity index (χ1v) is 6.84. The largest absolute Gasteiger partial charge is 0.315 e. The quantitative estimate of drug-likeness (QED) is 0.718. The molecule has 2 saturated heterocycles. The zero-order valence-corrected chi connectivity index (χ0v) is 9.39. The predicted molar refractivity (Wildman–Crippen MR) is 55.6 cm³/mol. The maximum absolute atomic E-state index is 12.1. The fourth-order valence-corrected chi connectivity index (χ4v) is 4.48. The lowest BCUT2D eigenvalue weighted by Crippen LogP contribution is -2.41. The van der Waals surface area contributed by atoms with Gasteiger partial charge in [0.2, 0.25) is 10.0 Å². The number of hydrogen-bond acceptors (Lipinski definition) is 3. The van der Waals surface area contributed by atoms with Crippen molar-refractivity contribution < 1.29 is 8.42 Å². The SMILES string of the molecule is CC1CCCN1S(=O)(=O)C1CCNC1. The lowest BCUT2D eigenvalue weighted by molar-refractivity contribution is 0.401. The zero-order chi connectivity index (χ0) is 10.2. The Morgan fingerprint density at radius 1 is 1.36 bits per heavy atom. The molecule has 2 heterocycles. The molecule has 14 heavy (non-hydrogen) atoms. The van der Waals surface area contributed by atoms with Crippen molar-refractivity contribution in [2.24, 2.45) is 0 Å². The van der Waals surface area contributed by atoms with Crippen molar-refractivity contribution in [3.05, 3.63) is 0 Å². The normalized spacial score (nSPS) is 35.2. The first kappa shape index (κ1) is 10.4. The lowest BCUT2D eigenvalue weighted by atomic mass is 10.3. The van der Waals surface area contributed by atoms with Gasteiger partial charge in [-0.25, -0.2) is 8.42 Å². The Morgan fingerprint density at radius 3 is 2.64 bits per heavy atom. The minimum absolute atomic E-state index is 0.178. The van der Waals surface area contributed by atoms with Gasteiger partial charge >= 0.3 is 0 Å². The molecule has 0 aliphatic carbocycles. The van der Waals surface area contributed by atoms with Gasteiger partial charge in [0.05, 0.1) is 5.25 Å². The Kier molecular flexibility index (Phi) is 2.81. The summed E-state index contributed by atoms with van der Waals surface area (Å²) in [6.07, 6.45) is 2.80. The fourth-order valence-electron chi connectivity index (χ4n) is 2.36. The summed E-state index contributed by atoms with van der Waals surface area (Å²) in [5.41, 5.74) is 0. The van der Waals surface area contributed by atoms with Gasteiger partial charge in [-0.05, 0) is 32.7 Å². The molecule has 0 aromatic carbocycles. The molecule has 2 unspecified atom stereocenters. The number of hydrogen-bond donors (Lipinski definition) is 1. The van der Waals surface area contributed by atoms with E-state index in [9.17, 15) is 8.42 Å². The molecule has 5 heteroatoms. The van der Waals surface area contributed by atoms with E-state index in [0.29, 0.717) is 6.54 Å². The molecule has 0 amide bonds. The maximum Gasteiger partial charge on any atom is 0.218 e. The second-order valence-corrected chi connectivity index (χ2v) is 6.43. The molecule has 0 aromatic rings. The van der Waals surface area contributed by atoms with Crippen molar-refractivity contribution in [2.45, 2.75) is 37.5 Å². The summed E-state index contributed by atoms with van der Waals surface area (Å²) in [6.45, 7) is 4.20. The third kappa shape index (κ3) is 1.68. The number of nitrogens with zero attached hydrogens (tertiary/aromatic N) is 1. The van der Waals surface area contributed by atoms with Gasteiger partial charge in [-0.3, -0.25) is 0 Å². The Balaban J connectivity index is 2.14. The van der Waals surface area contributed by atoms with E-state index in [4.69, 9.17) is 0 Å². The monoisotopic (exact) mass is 218 g/mol. The summed E-state index contributed by atoms with van der Waals surface area (Å²) in [4.78, 5) is 0. The molecular formula is C9H18N2O2S. The van der Waals surface area contributed by atoms with Crippen LogP contribution in [-0.2, 0) is 10.0 Å². The molecule has 0 aromatic heterocycles. The minimum Gasteiger partial charge on any atom is -0.315 e. The van der Waals surface area contributed by atoms with Crippen LogP contribution in [0.25, 0.3) is 0 Å². The van der Waals surface area contributed by atoms with Gasteiger partial charge in [0.15, 0.2) is 0 Å². The Bertz CT molecular complexity index is 296. The molecule has 2 aliphatic rings. The van der Waals surface area contributed by atoms with Crippen LogP contribution in [0.5, 0.6) is 0 Å². The van der Waals surface area contributed by atoms with Crippen molar-refractivity contribution in [1.29, 1.82) is 0 Å². The Hall–Kier alpha value is -0.130. The lowest BCUT2D eigenvalue weighted by Gasteiger charge is -2.24. The number of sulfonamides is 1. The fraction of sp³-hybridized carbons (Fsp3) is 1.00. The van der Waals surface area contributed by atoms with Crippen LogP contribution in [0.3, 0.4) is 0 Å². The van der Waals surface area contributed by atoms with E-state index in [0.717, 1.165) is 32.4 Å². The highest BCUT2D eigenvalue weighted by Gasteiger charge is 2.38. The number of nitrogens with one attached hydrogen (secondary N) is 1. The van der Waals surface area contributed by atoms with Crippen LogP contribution in [0, 0.1) is 0 Å². The second-order valence-electron chi connectivity index (χ2n) is 4.26. The van der Waals surface area contributed by atoms with E-state index in [1.807, 2.05) is 6.92 Å². The summed E-state index contributed by atoms with van der Waals surface area (Å²) in [6, 6.07) is 0.209. The molecule has 0 radical (unpaired) electrons. The highest BCUT2D eigenvalue weighted by Crippen LogP contribution is 2.25. The van der Waals surface area contributed by atoms with Crippen LogP contribution < -0.4 is 5.32 Å². The molecule has 0 bridgehead atoms. The van der Waals surface area contributed by atoms with E-state index in [1.165, 1.54) is 0 Å². The van der Waals surface area contributed by atoms with Gasteiger partial charge in [-0.1, -0.05) is 0 Å². The van der Waals surface area contributed by atoms with Crippen molar-refractivity contribution in [3.63, 3.8) is 0 Å². The summed E-state index contributed by atoms with van der Waals surface area (Å²) < 4.78 is 26.0. The van der Waals surface area contributed by atoms with Crippen molar-refractivity contribution in [2.75, 3.05) is 19.6 Å². The molecule has 2 atom stereocenters. The third-order valence-electron chi connectivity index (χ3n) is 3.26. The van der Waals surface area contributed by atoms with Gasteiger partial charge in [0.25, 0.3) is 0 Å². The van der Waals surface area contributed by atoms with Crippen LogP contribution >= 0.6 is 0 Å². The van der Waals surface area contributed by atoms with Crippen molar-refractivity contribution in [3.8, 4) is 0 Å². The molecule has 1 N–H and O–H groups in total. The van der Waals surface area contributed by atoms with Crippen molar-refractivity contribution in [1.82, 2.24) is 9.62 Å². The number of rotatable bonds is 2. The van der Waals surface area contributed by atoms with Gasteiger partial charge in [0, 0.05) is 19.1 Å². The van der Waals surface area contributed by atoms with Gasteiger partial charge < -0.3 is 5.32 Å². The molecule has 82 valence electrons. The smallest absolute Gasteiger partial charge is 0.218 e. The van der Waals surface area contributed by atoms with Gasteiger partial charge in [-0.15, -0.1) is 0 Å². The minimum atomic E-state index is -3.02. The Morgan fingerprint density at radius 2 is 2.14 bits per heavy atom. The summed E-state index contributed by atoms with van der Waals surface area (Å²) in [7, 11) is -3.02. The maximum atomic E-state index is 12.1. The summed E-state index contributed by atoms with van der Waals surface area (Å²) in [5.74, 6) is 0. The molecule has 0 saturated carbocycles. The third-order valence-corrected chi connectivity index (χ3v) is 5.70.